The van der Waals surface area contributed by atoms with E-state index < -0.39 is 0 Å². The summed E-state index contributed by atoms with van der Waals surface area (Å²) in [6, 6.07) is 40.9. The molecule has 0 N–H and O–H groups in total. The summed E-state index contributed by atoms with van der Waals surface area (Å²) in [5.74, 6) is 5.78. The molecule has 8 bridgehead atoms. The van der Waals surface area contributed by atoms with Crippen molar-refractivity contribution in [2.45, 2.75) is 107 Å². The fraction of sp³-hybridized carbons (Fsp3) is 0.451. The summed E-state index contributed by atoms with van der Waals surface area (Å²) >= 11 is 0. The highest BCUT2D eigenvalue weighted by Crippen LogP contribution is 2.63. The fourth-order valence-electron chi connectivity index (χ4n) is 14.8. The average Bonchev–Trinajstić information content (AvgIpc) is 3.36. The minimum absolute atomic E-state index is 0.0452. The molecule has 8 saturated carbocycles. The number of hydrogen-bond donors (Lipinski definition) is 0. The van der Waals surface area contributed by atoms with E-state index in [1.165, 1.54) is 122 Å². The Kier molecular flexibility index (Phi) is 6.26. The van der Waals surface area contributed by atoms with E-state index in [1.807, 2.05) is 0 Å². The molecule has 5 aromatic carbocycles. The molecule has 0 heterocycles. The summed E-state index contributed by atoms with van der Waals surface area (Å²) in [6.07, 6.45) is 17.5. The third kappa shape index (κ3) is 4.41. The van der Waals surface area contributed by atoms with Crippen LogP contribution in [0.3, 0.4) is 0 Å². The van der Waals surface area contributed by atoms with Gasteiger partial charge in [0.2, 0.25) is 0 Å². The Balaban J connectivity index is 0.940. The maximum atomic E-state index is 2.69. The maximum Gasteiger partial charge on any atom is 0.0468 e. The van der Waals surface area contributed by atoms with E-state index in [1.54, 1.807) is 16.7 Å². The van der Waals surface area contributed by atoms with Crippen LogP contribution in [0.2, 0.25) is 0 Å². The highest BCUT2D eigenvalue weighted by molar-refractivity contribution is 5.90. The summed E-state index contributed by atoms with van der Waals surface area (Å²) in [5, 5.41) is 2.59. The van der Waals surface area contributed by atoms with Crippen molar-refractivity contribution in [1.29, 1.82) is 0 Å². The number of rotatable bonds is 5. The second-order valence-electron chi connectivity index (χ2n) is 19.9. The van der Waals surface area contributed by atoms with Gasteiger partial charge in [-0.1, -0.05) is 80.6 Å². The Labute approximate surface area is 310 Å². The number of anilines is 3. The van der Waals surface area contributed by atoms with Gasteiger partial charge in [0, 0.05) is 22.5 Å². The van der Waals surface area contributed by atoms with Crippen molar-refractivity contribution < 1.29 is 0 Å². The van der Waals surface area contributed by atoms with Gasteiger partial charge < -0.3 is 4.90 Å². The zero-order valence-electron chi connectivity index (χ0n) is 31.2. The molecule has 0 unspecified atom stereocenters. The Morgan fingerprint density at radius 3 is 1.46 bits per heavy atom. The lowest BCUT2D eigenvalue weighted by molar-refractivity contribution is -0.00532. The minimum atomic E-state index is -0.0452. The molecule has 0 aromatic heterocycles. The van der Waals surface area contributed by atoms with Crippen LogP contribution in [0, 0.1) is 35.5 Å². The van der Waals surface area contributed by atoms with E-state index >= 15 is 0 Å². The topological polar surface area (TPSA) is 3.24 Å². The van der Waals surface area contributed by atoms with Crippen molar-refractivity contribution in [3.05, 3.63) is 125 Å². The second-order valence-corrected chi connectivity index (χ2v) is 19.9. The van der Waals surface area contributed by atoms with Crippen LogP contribution in [0.4, 0.5) is 17.1 Å². The molecule has 0 atom stereocenters. The van der Waals surface area contributed by atoms with Crippen molar-refractivity contribution in [1.82, 2.24) is 0 Å². The van der Waals surface area contributed by atoms with E-state index in [0.29, 0.717) is 10.8 Å². The lowest BCUT2D eigenvalue weighted by Crippen LogP contribution is -2.48. The first-order valence-corrected chi connectivity index (χ1v) is 21.0. The number of nitrogens with zero attached hydrogens (tertiary/aromatic N) is 1. The molecule has 5 aromatic rings. The molecule has 0 aliphatic heterocycles. The van der Waals surface area contributed by atoms with Crippen molar-refractivity contribution in [3.8, 4) is 11.1 Å². The summed E-state index contributed by atoms with van der Waals surface area (Å²) in [7, 11) is 0. The first kappa shape index (κ1) is 30.6. The normalized spacial score (nSPS) is 34.1. The zero-order valence-corrected chi connectivity index (χ0v) is 31.2. The lowest BCUT2D eigenvalue weighted by Gasteiger charge is -2.57. The molecule has 1 heteroatoms. The Hall–Kier alpha value is -3.84. The van der Waals surface area contributed by atoms with Crippen molar-refractivity contribution in [2.24, 2.45) is 35.5 Å². The van der Waals surface area contributed by atoms with Crippen LogP contribution in [0.25, 0.3) is 21.9 Å². The van der Waals surface area contributed by atoms with E-state index in [-0.39, 0.29) is 5.41 Å². The molecule has 52 heavy (non-hydrogen) atoms. The highest BCUT2D eigenvalue weighted by Gasteiger charge is 2.53. The first-order valence-electron chi connectivity index (χ1n) is 21.0. The van der Waals surface area contributed by atoms with Gasteiger partial charge in [-0.25, -0.2) is 0 Å². The maximum absolute atomic E-state index is 2.69. The molecule has 0 amide bonds. The van der Waals surface area contributed by atoms with E-state index in [4.69, 9.17) is 0 Å². The van der Waals surface area contributed by atoms with Gasteiger partial charge in [-0.05, 0) is 204 Å². The minimum Gasteiger partial charge on any atom is -0.310 e. The predicted octanol–water partition coefficient (Wildman–Crippen LogP) is 13.6. The van der Waals surface area contributed by atoms with Crippen LogP contribution in [-0.4, -0.2) is 0 Å². The summed E-state index contributed by atoms with van der Waals surface area (Å²) in [5.41, 5.74) is 13.7. The van der Waals surface area contributed by atoms with E-state index in [2.05, 4.69) is 122 Å². The Morgan fingerprint density at radius 2 is 0.865 bits per heavy atom. The van der Waals surface area contributed by atoms with E-state index in [0.717, 1.165) is 35.5 Å². The van der Waals surface area contributed by atoms with Gasteiger partial charge in [0.25, 0.3) is 0 Å². The van der Waals surface area contributed by atoms with E-state index in [9.17, 15) is 0 Å². The molecule has 14 rings (SSSR count). The molecule has 0 spiro atoms. The molecule has 0 saturated heterocycles. The summed E-state index contributed by atoms with van der Waals surface area (Å²) in [4.78, 5) is 2.54. The SMILES string of the molecule is CC1(C)c2cc(N(c3ccc(C45CC6CC(CC(C6)C4)C5)cc3)c3ccc4ccccc4c3)ccc2-c2ccc(C34CC5CC(CC(C5)C3)C4)cc21. The van der Waals surface area contributed by atoms with Gasteiger partial charge in [-0.3, -0.25) is 0 Å². The molecule has 0 radical (unpaired) electrons. The fourth-order valence-corrected chi connectivity index (χ4v) is 14.8. The monoisotopic (exact) mass is 679 g/mol. The van der Waals surface area contributed by atoms with Gasteiger partial charge in [0.15, 0.2) is 0 Å². The quantitative estimate of drug-likeness (QED) is 0.179. The van der Waals surface area contributed by atoms with Gasteiger partial charge in [-0.2, -0.15) is 0 Å². The lowest BCUT2D eigenvalue weighted by atomic mass is 9.48. The smallest absolute Gasteiger partial charge is 0.0468 e. The van der Waals surface area contributed by atoms with Crippen LogP contribution >= 0.6 is 0 Å². The van der Waals surface area contributed by atoms with Gasteiger partial charge >= 0.3 is 0 Å². The number of benzene rings is 5. The van der Waals surface area contributed by atoms with Crippen LogP contribution in [0.1, 0.15) is 113 Å². The molecular formula is C51H53N. The summed E-state index contributed by atoms with van der Waals surface area (Å²) < 4.78 is 0. The van der Waals surface area contributed by atoms with Crippen molar-refractivity contribution >= 4 is 27.8 Å². The molecular weight excluding hydrogens is 627 g/mol. The second kappa shape index (κ2) is 10.6. The van der Waals surface area contributed by atoms with Crippen LogP contribution < -0.4 is 4.90 Å². The largest absolute Gasteiger partial charge is 0.310 e. The predicted molar refractivity (Wildman–Crippen MR) is 216 cm³/mol. The van der Waals surface area contributed by atoms with Crippen LogP contribution in [0.15, 0.2) is 103 Å². The number of hydrogen-bond acceptors (Lipinski definition) is 1. The molecule has 1 nitrogen and oxygen atoms in total. The van der Waals surface area contributed by atoms with Crippen molar-refractivity contribution in [2.75, 3.05) is 4.90 Å². The zero-order chi connectivity index (χ0) is 34.4. The summed E-state index contributed by atoms with van der Waals surface area (Å²) in [6.45, 7) is 4.98. The third-order valence-corrected chi connectivity index (χ3v) is 16.3. The molecule has 8 fully saturated rings. The molecule has 9 aliphatic carbocycles. The first-order chi connectivity index (χ1) is 25.3. The highest BCUT2D eigenvalue weighted by atomic mass is 15.1. The van der Waals surface area contributed by atoms with Crippen LogP contribution in [-0.2, 0) is 16.2 Å². The van der Waals surface area contributed by atoms with Gasteiger partial charge in [0.1, 0.15) is 0 Å². The van der Waals surface area contributed by atoms with Crippen LogP contribution in [0.5, 0.6) is 0 Å². The van der Waals surface area contributed by atoms with Gasteiger partial charge in [0.05, 0.1) is 0 Å². The Bertz CT molecular complexity index is 2180. The van der Waals surface area contributed by atoms with Crippen molar-refractivity contribution in [3.63, 3.8) is 0 Å². The number of fused-ring (bicyclic) bond motifs is 4. The standard InChI is InChI=1S/C51H53N/c1-49(2)47-24-41(51-29-35-20-36(30-51)22-37(21-35)31-51)10-15-45(47)46-16-14-44(25-48(46)49)52(43-11-7-38-5-3-4-6-39(38)23-43)42-12-8-40(9-13-42)50-26-32-17-33(27-50)19-34(18-32)28-50/h3-16,23-25,32-37H,17-22,26-31H2,1-2H3. The molecule has 9 aliphatic rings. The third-order valence-electron chi connectivity index (χ3n) is 16.3. The average molecular weight is 680 g/mol. The Morgan fingerprint density at radius 1 is 0.423 bits per heavy atom. The van der Waals surface area contributed by atoms with Gasteiger partial charge in [-0.15, -0.1) is 0 Å². The molecule has 262 valence electrons.